The maximum atomic E-state index is 12.5. The summed E-state index contributed by atoms with van der Waals surface area (Å²) in [6, 6.07) is 0. The lowest BCUT2D eigenvalue weighted by molar-refractivity contribution is -0.150. The van der Waals surface area contributed by atoms with E-state index in [0.29, 0.717) is 0 Å². The number of carbonyl (C=O) groups excluding carboxylic acids is 2. The smallest absolute Gasteiger partial charge is 0.350 e. The molecule has 13 heavy (non-hydrogen) atoms. The highest BCUT2D eigenvalue weighted by molar-refractivity contribution is 6.16. The topological polar surface area (TPSA) is 43.4 Å². The summed E-state index contributed by atoms with van der Waals surface area (Å²) in [5, 5.41) is 0. The second-order valence-corrected chi connectivity index (χ2v) is 2.24. The fourth-order valence-electron chi connectivity index (χ4n) is 0.883. The molecule has 1 heterocycles. The van der Waals surface area contributed by atoms with Crippen LogP contribution in [0.4, 0.5) is 8.78 Å². The van der Waals surface area contributed by atoms with Gasteiger partial charge < -0.3 is 4.74 Å². The standard InChI is InChI=1S/C8H4F2O3/c1-3(9)5-6(4(2)10)8(12)13-7(5)11/h1-2H2. The molecule has 0 aromatic rings. The molecule has 0 aromatic carbocycles. The first-order chi connectivity index (χ1) is 5.95. The van der Waals surface area contributed by atoms with Gasteiger partial charge >= 0.3 is 11.9 Å². The van der Waals surface area contributed by atoms with E-state index in [1.165, 1.54) is 0 Å². The van der Waals surface area contributed by atoms with Crippen LogP contribution in [0, 0.1) is 0 Å². The van der Waals surface area contributed by atoms with Gasteiger partial charge in [-0.15, -0.1) is 0 Å². The minimum Gasteiger partial charge on any atom is -0.386 e. The second kappa shape index (κ2) is 2.93. The number of cyclic esters (lactones) is 2. The van der Waals surface area contributed by atoms with E-state index >= 15 is 0 Å². The normalized spacial score (nSPS) is 16.2. The molecule has 0 saturated carbocycles. The van der Waals surface area contributed by atoms with E-state index in [0.717, 1.165) is 0 Å². The van der Waals surface area contributed by atoms with Gasteiger partial charge in [-0.05, 0) is 0 Å². The van der Waals surface area contributed by atoms with Gasteiger partial charge in [-0.1, -0.05) is 13.2 Å². The van der Waals surface area contributed by atoms with Gasteiger partial charge in [-0.2, -0.15) is 0 Å². The van der Waals surface area contributed by atoms with Crippen molar-refractivity contribution in [2.24, 2.45) is 0 Å². The predicted molar refractivity (Wildman–Crippen MR) is 38.6 cm³/mol. The van der Waals surface area contributed by atoms with E-state index in [9.17, 15) is 18.4 Å². The third-order valence-corrected chi connectivity index (χ3v) is 1.39. The molecule has 0 N–H and O–H groups in total. The van der Waals surface area contributed by atoms with Crippen molar-refractivity contribution < 1.29 is 23.1 Å². The zero-order chi connectivity index (χ0) is 10.2. The van der Waals surface area contributed by atoms with Crippen molar-refractivity contribution in [3.8, 4) is 0 Å². The average Bonchev–Trinajstić information content (AvgIpc) is 2.24. The molecule has 1 aliphatic heterocycles. The second-order valence-electron chi connectivity index (χ2n) is 2.24. The summed E-state index contributed by atoms with van der Waals surface area (Å²) in [5.41, 5.74) is -1.59. The van der Waals surface area contributed by atoms with Crippen LogP contribution in [-0.4, -0.2) is 11.9 Å². The first-order valence-corrected chi connectivity index (χ1v) is 3.15. The van der Waals surface area contributed by atoms with Gasteiger partial charge in [0.2, 0.25) is 0 Å². The molecule has 3 nitrogen and oxygen atoms in total. The molecular weight excluding hydrogens is 182 g/mol. The van der Waals surface area contributed by atoms with E-state index in [1.54, 1.807) is 0 Å². The van der Waals surface area contributed by atoms with Crippen LogP contribution in [0.1, 0.15) is 0 Å². The maximum Gasteiger partial charge on any atom is 0.350 e. The Morgan fingerprint density at radius 1 is 1.00 bits per heavy atom. The van der Waals surface area contributed by atoms with Crippen molar-refractivity contribution in [2.45, 2.75) is 0 Å². The molecule has 0 saturated heterocycles. The molecule has 0 fully saturated rings. The molecule has 0 bridgehead atoms. The molecule has 0 amide bonds. The van der Waals surface area contributed by atoms with Gasteiger partial charge in [0.1, 0.15) is 22.8 Å². The largest absolute Gasteiger partial charge is 0.386 e. The first-order valence-electron chi connectivity index (χ1n) is 3.15. The highest BCUT2D eigenvalue weighted by Crippen LogP contribution is 2.28. The van der Waals surface area contributed by atoms with Crippen LogP contribution >= 0.6 is 0 Å². The summed E-state index contributed by atoms with van der Waals surface area (Å²) in [5.74, 6) is -4.92. The zero-order valence-electron chi connectivity index (χ0n) is 6.39. The van der Waals surface area contributed by atoms with Crippen molar-refractivity contribution >= 4 is 11.9 Å². The summed E-state index contributed by atoms with van der Waals surface area (Å²) < 4.78 is 29.0. The van der Waals surface area contributed by atoms with Crippen LogP contribution in [0.3, 0.4) is 0 Å². The van der Waals surface area contributed by atoms with Gasteiger partial charge in [0.15, 0.2) is 0 Å². The number of ether oxygens (including phenoxy) is 1. The number of hydrogen-bond acceptors (Lipinski definition) is 3. The zero-order valence-corrected chi connectivity index (χ0v) is 6.39. The number of esters is 2. The van der Waals surface area contributed by atoms with E-state index in [2.05, 4.69) is 17.9 Å². The minimum atomic E-state index is -1.24. The first kappa shape index (κ1) is 9.31. The molecule has 68 valence electrons. The van der Waals surface area contributed by atoms with Crippen molar-refractivity contribution in [3.05, 3.63) is 36.0 Å². The van der Waals surface area contributed by atoms with Crippen LogP contribution in [0.15, 0.2) is 36.0 Å². The maximum absolute atomic E-state index is 12.5. The number of carbonyl (C=O) groups is 2. The Balaban J connectivity index is 3.34. The van der Waals surface area contributed by atoms with Crippen LogP contribution in [0.2, 0.25) is 0 Å². The van der Waals surface area contributed by atoms with Gasteiger partial charge in [0, 0.05) is 0 Å². The summed E-state index contributed by atoms with van der Waals surface area (Å²) in [6.07, 6.45) is 0. The van der Waals surface area contributed by atoms with E-state index in [1.807, 2.05) is 0 Å². The number of halogens is 2. The van der Waals surface area contributed by atoms with E-state index < -0.39 is 34.7 Å². The summed E-state index contributed by atoms with van der Waals surface area (Å²) in [7, 11) is 0. The quantitative estimate of drug-likeness (QED) is 0.482. The molecule has 1 rings (SSSR count). The van der Waals surface area contributed by atoms with Gasteiger partial charge in [-0.25, -0.2) is 18.4 Å². The third-order valence-electron chi connectivity index (χ3n) is 1.39. The van der Waals surface area contributed by atoms with Crippen molar-refractivity contribution in [3.63, 3.8) is 0 Å². The molecule has 0 atom stereocenters. The summed E-state index contributed by atoms with van der Waals surface area (Å²) in [4.78, 5) is 21.5. The summed E-state index contributed by atoms with van der Waals surface area (Å²) in [6.45, 7) is 5.54. The monoisotopic (exact) mass is 186 g/mol. The molecule has 0 radical (unpaired) electrons. The molecule has 5 heteroatoms. The van der Waals surface area contributed by atoms with Crippen molar-refractivity contribution in [2.75, 3.05) is 0 Å². The van der Waals surface area contributed by atoms with Crippen molar-refractivity contribution in [1.82, 2.24) is 0 Å². The molecular formula is C8H4F2O3. The Kier molecular flexibility index (Phi) is 2.10. The SMILES string of the molecule is C=C(F)C1=C(C(=C)F)C(=O)OC1=O. The lowest BCUT2D eigenvalue weighted by Crippen LogP contribution is -2.02. The number of rotatable bonds is 2. The van der Waals surface area contributed by atoms with Crippen LogP contribution in [-0.2, 0) is 14.3 Å². The van der Waals surface area contributed by atoms with Crippen LogP contribution in [0.5, 0.6) is 0 Å². The molecule has 0 unspecified atom stereocenters. The molecule has 0 aromatic heterocycles. The Morgan fingerprint density at radius 2 is 1.31 bits per heavy atom. The predicted octanol–water partition coefficient (Wildman–Crippen LogP) is 1.33. The van der Waals surface area contributed by atoms with Gasteiger partial charge in [0.25, 0.3) is 0 Å². The fraction of sp³-hybridized carbons (Fsp3) is 0. The highest BCUT2D eigenvalue weighted by Gasteiger charge is 2.36. The molecule has 1 aliphatic rings. The minimum absolute atomic E-state index is 0.794. The van der Waals surface area contributed by atoms with E-state index in [4.69, 9.17) is 0 Å². The molecule has 0 aliphatic carbocycles. The Bertz CT molecular complexity index is 332. The third kappa shape index (κ3) is 1.40. The lowest BCUT2D eigenvalue weighted by atomic mass is 10.1. The lowest BCUT2D eigenvalue weighted by Gasteiger charge is -1.93. The van der Waals surface area contributed by atoms with E-state index in [-0.39, 0.29) is 0 Å². The highest BCUT2D eigenvalue weighted by atomic mass is 19.1. The average molecular weight is 186 g/mol. The Labute approximate surface area is 72.0 Å². The van der Waals surface area contributed by atoms with Gasteiger partial charge in [0.05, 0.1) is 0 Å². The summed E-state index contributed by atoms with van der Waals surface area (Å²) >= 11 is 0. The Morgan fingerprint density at radius 3 is 1.54 bits per heavy atom. The number of hydrogen-bond donors (Lipinski definition) is 0. The Hall–Kier alpha value is -1.78. The van der Waals surface area contributed by atoms with Crippen molar-refractivity contribution in [1.29, 1.82) is 0 Å². The fourth-order valence-corrected chi connectivity index (χ4v) is 0.883. The van der Waals surface area contributed by atoms with Crippen LogP contribution < -0.4 is 0 Å². The molecule has 0 spiro atoms. The van der Waals surface area contributed by atoms with Crippen LogP contribution in [0.25, 0.3) is 0 Å². The van der Waals surface area contributed by atoms with Gasteiger partial charge in [-0.3, -0.25) is 0 Å².